The van der Waals surface area contributed by atoms with E-state index in [-0.39, 0.29) is 5.91 Å². The van der Waals surface area contributed by atoms with E-state index in [1.54, 1.807) is 17.2 Å². The van der Waals surface area contributed by atoms with Gasteiger partial charge in [0.05, 0.1) is 31.5 Å². The van der Waals surface area contributed by atoms with Crippen molar-refractivity contribution in [3.63, 3.8) is 0 Å². The van der Waals surface area contributed by atoms with Gasteiger partial charge in [-0.1, -0.05) is 19.1 Å². The number of carbonyl (C=O) groups is 1. The lowest BCUT2D eigenvalue weighted by Gasteiger charge is -2.22. The lowest BCUT2D eigenvalue weighted by Crippen LogP contribution is -2.30. The molecule has 5 nitrogen and oxygen atoms in total. The molecule has 0 spiro atoms. The zero-order chi connectivity index (χ0) is 18.4. The van der Waals surface area contributed by atoms with E-state index in [4.69, 9.17) is 13.6 Å². The highest BCUT2D eigenvalue weighted by Gasteiger charge is 2.22. The van der Waals surface area contributed by atoms with Crippen molar-refractivity contribution in [1.82, 2.24) is 4.90 Å². The van der Waals surface area contributed by atoms with Crippen LogP contribution in [0.4, 0.5) is 0 Å². The van der Waals surface area contributed by atoms with Gasteiger partial charge in [-0.15, -0.1) is 0 Å². The van der Waals surface area contributed by atoms with Crippen molar-refractivity contribution in [1.29, 1.82) is 0 Å². The van der Waals surface area contributed by atoms with Gasteiger partial charge in [0.1, 0.15) is 23.0 Å². The van der Waals surface area contributed by atoms with Crippen molar-refractivity contribution >= 4 is 5.91 Å². The van der Waals surface area contributed by atoms with E-state index in [0.717, 1.165) is 17.9 Å². The summed E-state index contributed by atoms with van der Waals surface area (Å²) in [5, 5.41) is 0. The Morgan fingerprint density at radius 1 is 1.04 bits per heavy atom. The first-order chi connectivity index (χ1) is 12.7. The number of benzene rings is 1. The molecule has 2 aromatic heterocycles. The zero-order valence-electron chi connectivity index (χ0n) is 15.1. The molecule has 3 aromatic rings. The van der Waals surface area contributed by atoms with Gasteiger partial charge in [-0.2, -0.15) is 0 Å². The summed E-state index contributed by atoms with van der Waals surface area (Å²) >= 11 is 0. The van der Waals surface area contributed by atoms with Gasteiger partial charge in [-0.3, -0.25) is 4.79 Å². The summed E-state index contributed by atoms with van der Waals surface area (Å²) in [6.45, 7) is 5.20. The molecule has 1 aromatic carbocycles. The minimum atomic E-state index is -0.123. The first kappa shape index (κ1) is 17.9. The van der Waals surface area contributed by atoms with Crippen LogP contribution in [0.5, 0.6) is 5.75 Å². The summed E-state index contributed by atoms with van der Waals surface area (Å²) in [5.41, 5.74) is 0.538. The van der Waals surface area contributed by atoms with Gasteiger partial charge in [0, 0.05) is 0 Å². The second-order valence-corrected chi connectivity index (χ2v) is 6.10. The van der Waals surface area contributed by atoms with Gasteiger partial charge in [0.25, 0.3) is 5.91 Å². The summed E-state index contributed by atoms with van der Waals surface area (Å²) in [6.07, 6.45) is 2.48. The summed E-state index contributed by atoms with van der Waals surface area (Å²) in [5.74, 6) is 2.74. The molecule has 3 rings (SSSR count). The van der Waals surface area contributed by atoms with E-state index in [1.165, 1.54) is 0 Å². The zero-order valence-corrected chi connectivity index (χ0v) is 15.1. The molecule has 0 aliphatic rings. The van der Waals surface area contributed by atoms with Crippen molar-refractivity contribution in [3.05, 3.63) is 77.6 Å². The highest BCUT2D eigenvalue weighted by atomic mass is 16.5. The van der Waals surface area contributed by atoms with E-state index in [9.17, 15) is 4.79 Å². The van der Waals surface area contributed by atoms with Gasteiger partial charge in [-0.25, -0.2) is 0 Å². The third kappa shape index (κ3) is 4.36. The van der Waals surface area contributed by atoms with Crippen LogP contribution in [0.2, 0.25) is 0 Å². The van der Waals surface area contributed by atoms with Crippen LogP contribution in [0.15, 0.2) is 63.6 Å². The normalized spacial score (nSPS) is 10.7. The predicted molar refractivity (Wildman–Crippen MR) is 98.0 cm³/mol. The molecular formula is C21H23NO4. The standard InChI is InChI=1S/C21H23NO4/c1-3-12-25-20-9-5-4-8-19(20)21(23)22(14-17-7-6-13-24-17)15-18-11-10-16(2)26-18/h4-11,13H,3,12,14-15H2,1-2H3. The summed E-state index contributed by atoms with van der Waals surface area (Å²) < 4.78 is 16.8. The maximum absolute atomic E-state index is 13.2. The molecule has 1 amide bonds. The number of ether oxygens (including phenoxy) is 1. The summed E-state index contributed by atoms with van der Waals surface area (Å²) in [6, 6.07) is 14.8. The first-order valence-corrected chi connectivity index (χ1v) is 8.76. The molecule has 0 aliphatic carbocycles. The Kier molecular flexibility index (Phi) is 5.79. The lowest BCUT2D eigenvalue weighted by molar-refractivity contribution is 0.0699. The molecule has 0 fully saturated rings. The van der Waals surface area contributed by atoms with Gasteiger partial charge in [0.15, 0.2) is 0 Å². The molecule has 0 bridgehead atoms. The monoisotopic (exact) mass is 353 g/mol. The number of amides is 1. The van der Waals surface area contributed by atoms with Crippen LogP contribution < -0.4 is 4.74 Å². The van der Waals surface area contributed by atoms with E-state index in [2.05, 4.69) is 0 Å². The van der Waals surface area contributed by atoms with Gasteiger partial charge < -0.3 is 18.5 Å². The molecule has 0 radical (unpaired) electrons. The third-order valence-corrected chi connectivity index (χ3v) is 3.94. The molecule has 0 saturated carbocycles. The van der Waals surface area contributed by atoms with E-state index in [0.29, 0.717) is 36.8 Å². The second-order valence-electron chi connectivity index (χ2n) is 6.10. The van der Waals surface area contributed by atoms with E-state index in [1.807, 2.05) is 56.3 Å². The summed E-state index contributed by atoms with van der Waals surface area (Å²) in [7, 11) is 0. The molecule has 26 heavy (non-hydrogen) atoms. The highest BCUT2D eigenvalue weighted by Crippen LogP contribution is 2.23. The van der Waals surface area contributed by atoms with Crippen molar-refractivity contribution in [2.45, 2.75) is 33.4 Å². The second kappa shape index (κ2) is 8.43. The number of para-hydroxylation sites is 1. The minimum Gasteiger partial charge on any atom is -0.493 e. The number of aryl methyl sites for hydroxylation is 1. The fourth-order valence-corrected chi connectivity index (χ4v) is 2.70. The van der Waals surface area contributed by atoms with Crippen molar-refractivity contribution in [3.8, 4) is 5.75 Å². The van der Waals surface area contributed by atoms with Crippen LogP contribution >= 0.6 is 0 Å². The number of carbonyl (C=O) groups excluding carboxylic acids is 1. The topological polar surface area (TPSA) is 55.8 Å². The molecule has 136 valence electrons. The number of rotatable bonds is 8. The number of furan rings is 2. The smallest absolute Gasteiger partial charge is 0.258 e. The van der Waals surface area contributed by atoms with E-state index >= 15 is 0 Å². The molecule has 0 unspecified atom stereocenters. The molecule has 0 saturated heterocycles. The molecule has 0 atom stereocenters. The molecule has 0 aliphatic heterocycles. The summed E-state index contributed by atoms with van der Waals surface area (Å²) in [4.78, 5) is 14.9. The minimum absolute atomic E-state index is 0.123. The van der Waals surface area contributed by atoms with Gasteiger partial charge in [0.2, 0.25) is 0 Å². The van der Waals surface area contributed by atoms with Gasteiger partial charge >= 0.3 is 0 Å². The highest BCUT2D eigenvalue weighted by molar-refractivity contribution is 5.96. The number of nitrogens with zero attached hydrogens (tertiary/aromatic N) is 1. The number of hydrogen-bond donors (Lipinski definition) is 0. The van der Waals surface area contributed by atoms with Crippen molar-refractivity contribution in [2.75, 3.05) is 6.61 Å². The average Bonchev–Trinajstić information content (AvgIpc) is 3.31. The van der Waals surface area contributed by atoms with Crippen LogP contribution in [0.1, 0.15) is 41.0 Å². The van der Waals surface area contributed by atoms with Crippen LogP contribution in [0.3, 0.4) is 0 Å². The third-order valence-electron chi connectivity index (χ3n) is 3.94. The van der Waals surface area contributed by atoms with Gasteiger partial charge in [-0.05, 0) is 49.7 Å². The SMILES string of the molecule is CCCOc1ccccc1C(=O)N(Cc1ccco1)Cc1ccc(C)o1. The maximum Gasteiger partial charge on any atom is 0.258 e. The van der Waals surface area contributed by atoms with Crippen molar-refractivity contribution in [2.24, 2.45) is 0 Å². The van der Waals surface area contributed by atoms with Crippen LogP contribution in [0.25, 0.3) is 0 Å². The average molecular weight is 353 g/mol. The first-order valence-electron chi connectivity index (χ1n) is 8.76. The van der Waals surface area contributed by atoms with Crippen LogP contribution in [-0.2, 0) is 13.1 Å². The lowest BCUT2D eigenvalue weighted by atomic mass is 10.1. The Morgan fingerprint density at radius 3 is 2.54 bits per heavy atom. The Labute approximate surface area is 153 Å². The van der Waals surface area contributed by atoms with Crippen LogP contribution in [-0.4, -0.2) is 17.4 Å². The fraction of sp³-hybridized carbons (Fsp3) is 0.286. The molecule has 5 heteroatoms. The Balaban J connectivity index is 1.86. The predicted octanol–water partition coefficient (Wildman–Crippen LogP) is 4.81. The Morgan fingerprint density at radius 2 is 1.85 bits per heavy atom. The molecular weight excluding hydrogens is 330 g/mol. The van der Waals surface area contributed by atoms with Crippen LogP contribution in [0, 0.1) is 6.92 Å². The quantitative estimate of drug-likeness (QED) is 0.583. The van der Waals surface area contributed by atoms with E-state index < -0.39 is 0 Å². The number of hydrogen-bond acceptors (Lipinski definition) is 4. The Bertz CT molecular complexity index is 835. The fourth-order valence-electron chi connectivity index (χ4n) is 2.70. The Hall–Kier alpha value is -2.95. The molecule has 0 N–H and O–H groups in total. The maximum atomic E-state index is 13.2. The van der Waals surface area contributed by atoms with Crippen molar-refractivity contribution < 1.29 is 18.4 Å². The molecule has 2 heterocycles. The largest absolute Gasteiger partial charge is 0.493 e.